The Hall–Kier alpha value is -3.56. The third-order valence-electron chi connectivity index (χ3n) is 9.07. The van der Waals surface area contributed by atoms with Gasteiger partial charge in [-0.05, 0) is 83.7 Å². The number of hydrogen-bond acceptors (Lipinski definition) is 5. The lowest BCUT2D eigenvalue weighted by Crippen LogP contribution is -2.41. The van der Waals surface area contributed by atoms with Crippen molar-refractivity contribution in [3.8, 4) is 22.6 Å². The van der Waals surface area contributed by atoms with Crippen LogP contribution < -0.4 is 9.47 Å². The molecule has 3 aromatic rings. The second-order valence-electron chi connectivity index (χ2n) is 12.0. The zero-order valence-corrected chi connectivity index (χ0v) is 23.8. The van der Waals surface area contributed by atoms with E-state index in [2.05, 4.69) is 0 Å². The van der Waals surface area contributed by atoms with Crippen molar-refractivity contribution in [3.63, 3.8) is 0 Å². The summed E-state index contributed by atoms with van der Waals surface area (Å²) in [6.45, 7) is 1.40. The highest BCUT2D eigenvalue weighted by atomic mass is 19.4. The van der Waals surface area contributed by atoms with Crippen LogP contribution in [0.3, 0.4) is 0 Å². The molecular weight excluding hydrogens is 561 g/mol. The molecule has 6 nitrogen and oxygen atoms in total. The molecule has 2 heterocycles. The predicted octanol–water partition coefficient (Wildman–Crippen LogP) is 6.91. The highest BCUT2D eigenvalue weighted by Gasteiger charge is 2.38. The number of rotatable bonds is 9. The summed E-state index contributed by atoms with van der Waals surface area (Å²) < 4.78 is 59.5. The van der Waals surface area contributed by atoms with E-state index < -0.39 is 23.3 Å². The lowest BCUT2D eigenvalue weighted by Gasteiger charge is -2.31. The molecule has 1 fully saturated rings. The van der Waals surface area contributed by atoms with Gasteiger partial charge in [-0.3, -0.25) is 4.79 Å². The molecule has 3 aliphatic rings. The largest absolute Gasteiger partial charge is 0.493 e. The Morgan fingerprint density at radius 1 is 1.00 bits per heavy atom. The maximum atomic E-state index is 14.2. The molecule has 0 saturated carbocycles. The molecule has 0 aromatic heterocycles. The predicted molar refractivity (Wildman–Crippen MR) is 154 cm³/mol. The quantitative estimate of drug-likeness (QED) is 0.279. The number of ether oxygens (including phenoxy) is 3. The van der Waals surface area contributed by atoms with E-state index in [1.54, 1.807) is 30.3 Å². The van der Waals surface area contributed by atoms with E-state index >= 15 is 0 Å². The molecule has 0 amide bonds. The second kappa shape index (κ2) is 11.8. The summed E-state index contributed by atoms with van der Waals surface area (Å²) in [6, 6.07) is 15.4. The third-order valence-corrected chi connectivity index (χ3v) is 9.07. The van der Waals surface area contributed by atoms with E-state index in [0.717, 1.165) is 47.3 Å². The molecule has 2 atom stereocenters. The lowest BCUT2D eigenvalue weighted by atomic mass is 9.88. The van der Waals surface area contributed by atoms with Gasteiger partial charge in [-0.25, -0.2) is 0 Å². The van der Waals surface area contributed by atoms with E-state index in [1.165, 1.54) is 6.07 Å². The molecule has 0 bridgehead atoms. The van der Waals surface area contributed by atoms with Crippen LogP contribution >= 0.6 is 0 Å². The zero-order valence-electron chi connectivity index (χ0n) is 23.8. The van der Waals surface area contributed by atoms with Crippen molar-refractivity contribution in [2.75, 3.05) is 26.4 Å². The molecular formula is C34H35F3O6. The molecule has 0 radical (unpaired) electrons. The monoisotopic (exact) mass is 596 g/mol. The van der Waals surface area contributed by atoms with Gasteiger partial charge in [-0.15, -0.1) is 0 Å². The topological polar surface area (TPSA) is 85.2 Å². The summed E-state index contributed by atoms with van der Waals surface area (Å²) in [5.41, 5.74) is 2.82. The van der Waals surface area contributed by atoms with Crippen molar-refractivity contribution < 1.29 is 42.4 Å². The number of hydrogen-bond donors (Lipinski definition) is 2. The highest BCUT2D eigenvalue weighted by Crippen LogP contribution is 2.47. The van der Waals surface area contributed by atoms with Gasteiger partial charge in [0, 0.05) is 37.5 Å². The van der Waals surface area contributed by atoms with Crippen LogP contribution in [0.15, 0.2) is 54.6 Å². The molecule has 0 spiro atoms. The average molecular weight is 597 g/mol. The molecule has 2 N–H and O–H groups in total. The van der Waals surface area contributed by atoms with E-state index in [0.29, 0.717) is 50.4 Å². The highest BCUT2D eigenvalue weighted by molar-refractivity contribution is 5.75. The first-order valence-corrected chi connectivity index (χ1v) is 14.8. The Morgan fingerprint density at radius 3 is 2.47 bits per heavy atom. The van der Waals surface area contributed by atoms with Crippen LogP contribution in [0.25, 0.3) is 11.1 Å². The SMILES string of the molecule is O=C(O)C[C@@H]1COc2cc(CCC3CCc4c3ccc(C(F)(F)F)c4-c3ccc(OCC4(O)CCOCC4)cc3)ccc21. The Labute approximate surface area is 248 Å². The first-order chi connectivity index (χ1) is 20.6. The number of alkyl halides is 3. The lowest BCUT2D eigenvalue weighted by molar-refractivity contribution is -0.138. The van der Waals surface area contributed by atoms with Crippen LogP contribution in [-0.4, -0.2) is 48.2 Å². The zero-order chi connectivity index (χ0) is 30.2. The normalized spacial score (nSPS) is 20.7. The van der Waals surface area contributed by atoms with Gasteiger partial charge in [-0.1, -0.05) is 30.3 Å². The molecule has 1 unspecified atom stereocenters. The molecule has 43 heavy (non-hydrogen) atoms. The molecule has 2 aliphatic heterocycles. The molecule has 1 aliphatic carbocycles. The van der Waals surface area contributed by atoms with Crippen LogP contribution in [0, 0.1) is 0 Å². The van der Waals surface area contributed by atoms with Crippen molar-refractivity contribution in [1.82, 2.24) is 0 Å². The summed E-state index contributed by atoms with van der Waals surface area (Å²) in [6.07, 6.45) is -0.641. The number of carboxylic acid groups (broad SMARTS) is 1. The molecule has 3 aromatic carbocycles. The number of fused-ring (bicyclic) bond motifs is 2. The van der Waals surface area contributed by atoms with Gasteiger partial charge in [-0.2, -0.15) is 13.2 Å². The van der Waals surface area contributed by atoms with Gasteiger partial charge in [0.15, 0.2) is 0 Å². The van der Waals surface area contributed by atoms with Gasteiger partial charge in [0.25, 0.3) is 0 Å². The molecule has 6 rings (SSSR count). The number of benzene rings is 3. The van der Waals surface area contributed by atoms with Crippen LogP contribution in [0.5, 0.6) is 11.5 Å². The Morgan fingerprint density at radius 2 is 1.74 bits per heavy atom. The van der Waals surface area contributed by atoms with Gasteiger partial charge in [0.1, 0.15) is 23.7 Å². The Balaban J connectivity index is 1.19. The van der Waals surface area contributed by atoms with Crippen molar-refractivity contribution in [1.29, 1.82) is 0 Å². The van der Waals surface area contributed by atoms with Crippen molar-refractivity contribution in [2.24, 2.45) is 0 Å². The van der Waals surface area contributed by atoms with E-state index in [-0.39, 0.29) is 30.4 Å². The fraction of sp³-hybridized carbons (Fsp3) is 0.441. The van der Waals surface area contributed by atoms with Gasteiger partial charge < -0.3 is 24.4 Å². The first-order valence-electron chi connectivity index (χ1n) is 14.8. The first kappa shape index (κ1) is 29.5. The summed E-state index contributed by atoms with van der Waals surface area (Å²) in [7, 11) is 0. The fourth-order valence-corrected chi connectivity index (χ4v) is 6.68. The Kier molecular flexibility index (Phi) is 8.13. The number of halogens is 3. The summed E-state index contributed by atoms with van der Waals surface area (Å²) in [5.74, 6) is 0.349. The summed E-state index contributed by atoms with van der Waals surface area (Å²) >= 11 is 0. The fourth-order valence-electron chi connectivity index (χ4n) is 6.68. The summed E-state index contributed by atoms with van der Waals surface area (Å²) in [5, 5.41) is 19.8. The Bertz CT molecular complexity index is 1480. The van der Waals surface area contributed by atoms with Gasteiger partial charge in [0.05, 0.1) is 18.6 Å². The second-order valence-corrected chi connectivity index (χ2v) is 12.0. The van der Waals surface area contributed by atoms with Crippen LogP contribution in [0.4, 0.5) is 13.2 Å². The maximum absolute atomic E-state index is 14.2. The van der Waals surface area contributed by atoms with Crippen molar-refractivity contribution in [2.45, 2.75) is 68.6 Å². The average Bonchev–Trinajstić information content (AvgIpc) is 3.58. The molecule has 228 valence electrons. The number of carboxylic acids is 1. The molecule has 9 heteroatoms. The van der Waals surface area contributed by atoms with Crippen LogP contribution in [-0.2, 0) is 28.5 Å². The number of carbonyl (C=O) groups is 1. The number of aryl methyl sites for hydroxylation is 1. The molecule has 1 saturated heterocycles. The number of aliphatic carboxylic acids is 1. The summed E-state index contributed by atoms with van der Waals surface area (Å²) in [4.78, 5) is 11.1. The minimum absolute atomic E-state index is 0.0302. The van der Waals surface area contributed by atoms with E-state index in [9.17, 15) is 23.1 Å². The number of aliphatic hydroxyl groups is 1. The van der Waals surface area contributed by atoms with Gasteiger partial charge in [0.2, 0.25) is 0 Å². The van der Waals surface area contributed by atoms with E-state index in [1.807, 2.05) is 18.2 Å². The minimum atomic E-state index is -4.49. The minimum Gasteiger partial charge on any atom is -0.493 e. The standard InChI is InChI=1S/C34H35F3O6/c35-34(36,37)29-12-11-26-22(3-1-21-2-9-27-24(18-31(38)39)19-42-30(27)17-21)6-10-28(26)32(29)23-4-7-25(8-5-23)43-20-33(40)13-15-41-16-14-33/h2,4-5,7-9,11-12,17,22,24,40H,1,3,6,10,13-16,18-20H2,(H,38,39)/t22?,24-/m1/s1. The maximum Gasteiger partial charge on any atom is 0.417 e. The van der Waals surface area contributed by atoms with Crippen molar-refractivity contribution >= 4 is 5.97 Å². The third kappa shape index (κ3) is 6.38. The van der Waals surface area contributed by atoms with Crippen LogP contribution in [0.1, 0.15) is 71.8 Å². The van der Waals surface area contributed by atoms with Crippen molar-refractivity contribution in [3.05, 3.63) is 82.4 Å². The van der Waals surface area contributed by atoms with Crippen LogP contribution in [0.2, 0.25) is 0 Å². The smallest absolute Gasteiger partial charge is 0.417 e. The van der Waals surface area contributed by atoms with Gasteiger partial charge >= 0.3 is 12.1 Å². The van der Waals surface area contributed by atoms with E-state index in [4.69, 9.17) is 19.3 Å².